The van der Waals surface area contributed by atoms with Gasteiger partial charge >= 0.3 is 0 Å². The van der Waals surface area contributed by atoms with Crippen LogP contribution in [0.1, 0.15) is 29.9 Å². The molecule has 0 radical (unpaired) electrons. The summed E-state index contributed by atoms with van der Waals surface area (Å²) in [6.07, 6.45) is 0. The van der Waals surface area contributed by atoms with E-state index in [0.29, 0.717) is 5.56 Å². The summed E-state index contributed by atoms with van der Waals surface area (Å²) in [6.45, 7) is 5.35. The first kappa shape index (κ1) is 12.6. The van der Waals surface area contributed by atoms with Crippen LogP contribution in [0.4, 0.5) is 0 Å². The van der Waals surface area contributed by atoms with E-state index in [4.69, 9.17) is 0 Å². The summed E-state index contributed by atoms with van der Waals surface area (Å²) < 4.78 is 0. The van der Waals surface area contributed by atoms with Crippen molar-refractivity contribution in [1.29, 1.82) is 0 Å². The van der Waals surface area contributed by atoms with Crippen LogP contribution in [-0.4, -0.2) is 28.1 Å². The van der Waals surface area contributed by atoms with E-state index in [2.05, 4.69) is 10.3 Å². The predicted molar refractivity (Wildman–Crippen MR) is 71.7 cm³/mol. The highest BCUT2D eigenvalue weighted by Gasteiger charge is 2.23. The van der Waals surface area contributed by atoms with Crippen molar-refractivity contribution in [3.05, 3.63) is 35.5 Å². The number of H-pyrrole nitrogens is 1. The Morgan fingerprint density at radius 2 is 2.06 bits per heavy atom. The number of rotatable bonds is 3. The molecule has 0 saturated carbocycles. The number of aryl methyl sites for hydroxylation is 1. The van der Waals surface area contributed by atoms with E-state index in [1.165, 1.54) is 0 Å². The first-order valence-electron chi connectivity index (χ1n) is 5.95. The number of carbonyl (C=O) groups is 1. The lowest BCUT2D eigenvalue weighted by molar-refractivity contribution is 0.0870. The maximum absolute atomic E-state index is 12.3. The average Bonchev–Trinajstić information content (AvgIpc) is 2.64. The maximum atomic E-state index is 12.3. The van der Waals surface area contributed by atoms with Gasteiger partial charge in [0.2, 0.25) is 0 Å². The minimum Gasteiger partial charge on any atom is -0.394 e. The van der Waals surface area contributed by atoms with Crippen molar-refractivity contribution >= 4 is 16.8 Å². The van der Waals surface area contributed by atoms with Crippen LogP contribution in [0.5, 0.6) is 0 Å². The Morgan fingerprint density at radius 1 is 1.39 bits per heavy atom. The van der Waals surface area contributed by atoms with Gasteiger partial charge in [0.1, 0.15) is 0 Å². The lowest BCUT2D eigenvalue weighted by atomic mass is 10.0. The molecule has 96 valence electrons. The Bertz CT molecular complexity index is 584. The second-order valence-corrected chi connectivity index (χ2v) is 5.17. The van der Waals surface area contributed by atoms with Gasteiger partial charge in [-0.3, -0.25) is 4.79 Å². The Morgan fingerprint density at radius 3 is 2.72 bits per heavy atom. The zero-order valence-electron chi connectivity index (χ0n) is 10.9. The predicted octanol–water partition coefficient (Wildman–Crippen LogP) is 1.98. The lowest BCUT2D eigenvalue weighted by Gasteiger charge is -2.23. The Balaban J connectivity index is 2.42. The normalized spacial score (nSPS) is 11.8. The van der Waals surface area contributed by atoms with E-state index in [9.17, 15) is 9.90 Å². The smallest absolute Gasteiger partial charge is 0.254 e. The second kappa shape index (κ2) is 4.46. The fourth-order valence-corrected chi connectivity index (χ4v) is 1.98. The van der Waals surface area contributed by atoms with E-state index in [1.807, 2.05) is 31.2 Å². The summed E-state index contributed by atoms with van der Waals surface area (Å²) in [7, 11) is 0. The Kier molecular flexibility index (Phi) is 3.13. The SMILES string of the molecule is Cc1[nH]c2ccccc2c1C(=O)NC(C)(C)CO. The molecule has 0 aliphatic heterocycles. The molecule has 2 rings (SSSR count). The highest BCUT2D eigenvalue weighted by atomic mass is 16.3. The molecule has 1 aromatic carbocycles. The monoisotopic (exact) mass is 246 g/mol. The van der Waals surface area contributed by atoms with Gasteiger partial charge in [0, 0.05) is 16.6 Å². The van der Waals surface area contributed by atoms with Crippen LogP contribution in [0.15, 0.2) is 24.3 Å². The van der Waals surface area contributed by atoms with Gasteiger partial charge in [0.05, 0.1) is 17.7 Å². The zero-order chi connectivity index (χ0) is 13.3. The number of aromatic nitrogens is 1. The topological polar surface area (TPSA) is 65.1 Å². The second-order valence-electron chi connectivity index (χ2n) is 5.17. The van der Waals surface area contributed by atoms with E-state index >= 15 is 0 Å². The molecule has 0 saturated heterocycles. The van der Waals surface area contributed by atoms with E-state index in [-0.39, 0.29) is 12.5 Å². The number of carbonyl (C=O) groups excluding carboxylic acids is 1. The molecule has 0 spiro atoms. The van der Waals surface area contributed by atoms with Crippen LogP contribution < -0.4 is 5.32 Å². The average molecular weight is 246 g/mol. The quantitative estimate of drug-likeness (QED) is 0.775. The van der Waals surface area contributed by atoms with E-state index in [1.54, 1.807) is 13.8 Å². The van der Waals surface area contributed by atoms with Crippen LogP contribution in [-0.2, 0) is 0 Å². The molecule has 1 heterocycles. The summed E-state index contributed by atoms with van der Waals surface area (Å²) in [4.78, 5) is 15.5. The third kappa shape index (κ3) is 2.24. The number of hydrogen-bond donors (Lipinski definition) is 3. The molecule has 0 unspecified atom stereocenters. The Hall–Kier alpha value is -1.81. The van der Waals surface area contributed by atoms with Crippen molar-refractivity contribution in [2.24, 2.45) is 0 Å². The number of aliphatic hydroxyl groups is 1. The van der Waals surface area contributed by atoms with Gasteiger partial charge in [0.25, 0.3) is 5.91 Å². The van der Waals surface area contributed by atoms with Gasteiger partial charge < -0.3 is 15.4 Å². The molecule has 1 aromatic heterocycles. The number of hydrogen-bond acceptors (Lipinski definition) is 2. The van der Waals surface area contributed by atoms with Gasteiger partial charge in [-0.05, 0) is 26.8 Å². The molecular formula is C14H18N2O2. The van der Waals surface area contributed by atoms with Crippen molar-refractivity contribution < 1.29 is 9.90 Å². The van der Waals surface area contributed by atoms with Crippen LogP contribution in [0, 0.1) is 6.92 Å². The van der Waals surface area contributed by atoms with Gasteiger partial charge in [-0.25, -0.2) is 0 Å². The molecule has 4 heteroatoms. The number of benzene rings is 1. The zero-order valence-corrected chi connectivity index (χ0v) is 10.9. The maximum Gasteiger partial charge on any atom is 0.254 e. The van der Waals surface area contributed by atoms with Gasteiger partial charge in [-0.15, -0.1) is 0 Å². The first-order valence-corrected chi connectivity index (χ1v) is 5.95. The summed E-state index contributed by atoms with van der Waals surface area (Å²) in [6, 6.07) is 7.69. The molecule has 3 N–H and O–H groups in total. The molecule has 0 atom stereocenters. The van der Waals surface area contributed by atoms with Crippen molar-refractivity contribution in [3.63, 3.8) is 0 Å². The summed E-state index contributed by atoms with van der Waals surface area (Å²) in [5.74, 6) is -0.163. The summed E-state index contributed by atoms with van der Waals surface area (Å²) >= 11 is 0. The fraction of sp³-hybridized carbons (Fsp3) is 0.357. The van der Waals surface area contributed by atoms with Crippen LogP contribution in [0.25, 0.3) is 10.9 Å². The highest BCUT2D eigenvalue weighted by molar-refractivity contribution is 6.08. The first-order chi connectivity index (χ1) is 8.44. The summed E-state index contributed by atoms with van der Waals surface area (Å²) in [5, 5.41) is 12.9. The summed E-state index contributed by atoms with van der Waals surface area (Å²) in [5.41, 5.74) is 1.80. The molecule has 4 nitrogen and oxygen atoms in total. The minimum absolute atomic E-state index is 0.0971. The van der Waals surface area contributed by atoms with Crippen LogP contribution in [0.3, 0.4) is 0 Å². The van der Waals surface area contributed by atoms with Crippen molar-refractivity contribution in [2.45, 2.75) is 26.3 Å². The molecule has 0 aliphatic carbocycles. The Labute approximate surface area is 106 Å². The largest absolute Gasteiger partial charge is 0.394 e. The fourth-order valence-electron chi connectivity index (χ4n) is 1.98. The third-order valence-corrected chi connectivity index (χ3v) is 2.97. The lowest BCUT2D eigenvalue weighted by Crippen LogP contribution is -2.46. The van der Waals surface area contributed by atoms with Gasteiger partial charge in [-0.2, -0.15) is 0 Å². The molecule has 2 aromatic rings. The van der Waals surface area contributed by atoms with Crippen molar-refractivity contribution in [1.82, 2.24) is 10.3 Å². The number of para-hydroxylation sites is 1. The third-order valence-electron chi connectivity index (χ3n) is 2.97. The molecule has 1 amide bonds. The molecule has 0 bridgehead atoms. The minimum atomic E-state index is -0.623. The molecule has 0 fully saturated rings. The molecule has 0 aliphatic rings. The number of aromatic amines is 1. The molecular weight excluding hydrogens is 228 g/mol. The van der Waals surface area contributed by atoms with E-state index in [0.717, 1.165) is 16.6 Å². The number of fused-ring (bicyclic) bond motifs is 1. The van der Waals surface area contributed by atoms with Gasteiger partial charge in [0.15, 0.2) is 0 Å². The van der Waals surface area contributed by atoms with Crippen molar-refractivity contribution in [3.8, 4) is 0 Å². The van der Waals surface area contributed by atoms with Gasteiger partial charge in [-0.1, -0.05) is 18.2 Å². The highest BCUT2D eigenvalue weighted by Crippen LogP contribution is 2.22. The number of nitrogens with one attached hydrogen (secondary N) is 2. The number of aliphatic hydroxyl groups excluding tert-OH is 1. The van der Waals surface area contributed by atoms with Crippen LogP contribution in [0.2, 0.25) is 0 Å². The van der Waals surface area contributed by atoms with Crippen LogP contribution >= 0.6 is 0 Å². The number of amides is 1. The van der Waals surface area contributed by atoms with E-state index < -0.39 is 5.54 Å². The molecule has 18 heavy (non-hydrogen) atoms. The standard InChI is InChI=1S/C14H18N2O2/c1-9-12(13(18)16-14(2,3)8-17)10-6-4-5-7-11(10)15-9/h4-7,15,17H,8H2,1-3H3,(H,16,18). The van der Waals surface area contributed by atoms with Crippen molar-refractivity contribution in [2.75, 3.05) is 6.61 Å².